The third-order valence-electron chi connectivity index (χ3n) is 2.81. The molecule has 0 amide bonds. The molecule has 0 aromatic rings. The van der Waals surface area contributed by atoms with Crippen LogP contribution in [-0.4, -0.2) is 30.7 Å². The molecule has 0 spiro atoms. The van der Waals surface area contributed by atoms with Crippen LogP contribution in [0.25, 0.3) is 0 Å². The average molecular weight is 220 g/mol. The van der Waals surface area contributed by atoms with E-state index in [0.29, 0.717) is 6.10 Å². The predicted molar refractivity (Wildman–Crippen MR) is 61.0 cm³/mol. The monoisotopic (exact) mass is 219 g/mol. The van der Waals surface area contributed by atoms with E-state index in [9.17, 15) is 0 Å². The second-order valence-corrected chi connectivity index (χ2v) is 5.05. The minimum Gasteiger partial charge on any atom is -0.378 e. The van der Waals surface area contributed by atoms with Crippen molar-refractivity contribution in [1.82, 2.24) is 5.32 Å². The summed E-state index contributed by atoms with van der Waals surface area (Å²) in [4.78, 5) is 0. The first-order valence-corrected chi connectivity index (χ1v) is 6.10. The number of nitrogens with one attached hydrogen (secondary N) is 1. The van der Waals surface area contributed by atoms with Gasteiger partial charge in [-0.2, -0.15) is 0 Å². The van der Waals surface area contributed by atoms with Crippen LogP contribution in [0.5, 0.6) is 0 Å². The molecule has 0 aliphatic carbocycles. The third-order valence-corrected chi connectivity index (χ3v) is 3.00. The highest BCUT2D eigenvalue weighted by Gasteiger charge is 2.18. The molecule has 1 saturated heterocycles. The third kappa shape index (κ3) is 4.63. The molecule has 0 aromatic carbocycles. The molecule has 14 heavy (non-hydrogen) atoms. The van der Waals surface area contributed by atoms with Gasteiger partial charge in [0.25, 0.3) is 0 Å². The number of hydrogen-bond donors (Lipinski definition) is 1. The fourth-order valence-electron chi connectivity index (χ4n) is 1.77. The van der Waals surface area contributed by atoms with Crippen LogP contribution in [0.4, 0.5) is 0 Å². The molecular weight excluding hydrogens is 198 g/mol. The van der Waals surface area contributed by atoms with E-state index >= 15 is 0 Å². The molecule has 1 heterocycles. The Bertz CT molecular complexity index is 155. The van der Waals surface area contributed by atoms with Gasteiger partial charge in [-0.1, -0.05) is 0 Å². The van der Waals surface area contributed by atoms with E-state index in [0.717, 1.165) is 31.9 Å². The zero-order valence-electron chi connectivity index (χ0n) is 9.31. The zero-order chi connectivity index (χ0) is 10.4. The normalized spacial score (nSPS) is 22.9. The summed E-state index contributed by atoms with van der Waals surface area (Å²) in [7, 11) is 0. The van der Waals surface area contributed by atoms with Gasteiger partial charge in [0.05, 0.1) is 6.10 Å². The molecule has 1 aliphatic heterocycles. The van der Waals surface area contributed by atoms with Crippen LogP contribution in [0.1, 0.15) is 39.5 Å². The number of halogens is 1. The lowest BCUT2D eigenvalue weighted by Crippen LogP contribution is -2.41. The molecule has 3 heteroatoms. The summed E-state index contributed by atoms with van der Waals surface area (Å²) in [6.45, 7) is 6.39. The van der Waals surface area contributed by atoms with Crippen molar-refractivity contribution in [3.63, 3.8) is 0 Å². The van der Waals surface area contributed by atoms with Crippen LogP contribution in [0.2, 0.25) is 0 Å². The Balaban J connectivity index is 2.07. The minimum absolute atomic E-state index is 0.167. The van der Waals surface area contributed by atoms with Gasteiger partial charge in [0.2, 0.25) is 0 Å². The molecular formula is C11H22ClNO. The number of alkyl halides is 1. The SMILES string of the molecule is CC(C)(CCCl)NCCC1CCCO1. The maximum Gasteiger partial charge on any atom is 0.0588 e. The van der Waals surface area contributed by atoms with Crippen molar-refractivity contribution in [2.24, 2.45) is 0 Å². The Kier molecular flexibility index (Phi) is 5.21. The minimum atomic E-state index is 0.167. The lowest BCUT2D eigenvalue weighted by atomic mass is 10.0. The van der Waals surface area contributed by atoms with Gasteiger partial charge in [0.15, 0.2) is 0 Å². The summed E-state index contributed by atoms with van der Waals surface area (Å²) in [5, 5.41) is 3.52. The van der Waals surface area contributed by atoms with E-state index in [-0.39, 0.29) is 5.54 Å². The highest BCUT2D eigenvalue weighted by molar-refractivity contribution is 6.17. The van der Waals surface area contributed by atoms with Crippen molar-refractivity contribution < 1.29 is 4.74 Å². The van der Waals surface area contributed by atoms with Crippen LogP contribution in [0.15, 0.2) is 0 Å². The summed E-state index contributed by atoms with van der Waals surface area (Å²) in [5.74, 6) is 0.722. The Morgan fingerprint density at radius 3 is 2.86 bits per heavy atom. The number of ether oxygens (including phenoxy) is 1. The zero-order valence-corrected chi connectivity index (χ0v) is 10.1. The summed E-state index contributed by atoms with van der Waals surface area (Å²) >= 11 is 5.73. The topological polar surface area (TPSA) is 21.3 Å². The van der Waals surface area contributed by atoms with Crippen LogP contribution < -0.4 is 5.32 Å². The van der Waals surface area contributed by atoms with Gasteiger partial charge < -0.3 is 10.1 Å². The summed E-state index contributed by atoms with van der Waals surface area (Å²) in [5.41, 5.74) is 0.167. The second-order valence-electron chi connectivity index (χ2n) is 4.67. The molecule has 0 aromatic heterocycles. The molecule has 1 aliphatic rings. The summed E-state index contributed by atoms with van der Waals surface area (Å²) < 4.78 is 5.56. The number of hydrogen-bond acceptors (Lipinski definition) is 2. The van der Waals surface area contributed by atoms with E-state index in [2.05, 4.69) is 19.2 Å². The predicted octanol–water partition coefficient (Wildman–Crippen LogP) is 2.55. The highest BCUT2D eigenvalue weighted by atomic mass is 35.5. The van der Waals surface area contributed by atoms with Gasteiger partial charge in [0.1, 0.15) is 0 Å². The Labute approximate surface area is 92.3 Å². The Morgan fingerprint density at radius 2 is 2.29 bits per heavy atom. The first kappa shape index (κ1) is 12.3. The van der Waals surface area contributed by atoms with Crippen LogP contribution in [0.3, 0.4) is 0 Å². The van der Waals surface area contributed by atoms with Gasteiger partial charge in [-0.15, -0.1) is 11.6 Å². The average Bonchev–Trinajstić information content (AvgIpc) is 2.56. The van der Waals surface area contributed by atoms with Crippen molar-refractivity contribution in [3.8, 4) is 0 Å². The molecule has 0 radical (unpaired) electrons. The smallest absolute Gasteiger partial charge is 0.0588 e. The standard InChI is InChI=1S/C11H22ClNO/c1-11(2,6-7-12)13-8-5-10-4-3-9-14-10/h10,13H,3-9H2,1-2H3. The molecule has 1 N–H and O–H groups in total. The second kappa shape index (κ2) is 5.94. The maximum atomic E-state index is 5.73. The van der Waals surface area contributed by atoms with Crippen molar-refractivity contribution in [1.29, 1.82) is 0 Å². The quantitative estimate of drug-likeness (QED) is 0.694. The largest absolute Gasteiger partial charge is 0.378 e. The lowest BCUT2D eigenvalue weighted by molar-refractivity contribution is 0.102. The molecule has 2 nitrogen and oxygen atoms in total. The fourth-order valence-corrected chi connectivity index (χ4v) is 2.24. The first-order chi connectivity index (χ1) is 6.64. The van der Waals surface area contributed by atoms with E-state index in [1.807, 2.05) is 0 Å². The van der Waals surface area contributed by atoms with Crippen molar-refractivity contribution in [2.45, 2.75) is 51.2 Å². The molecule has 84 valence electrons. The summed E-state index contributed by atoms with van der Waals surface area (Å²) in [6.07, 6.45) is 5.10. The molecule has 1 unspecified atom stereocenters. The fraction of sp³-hybridized carbons (Fsp3) is 1.00. The number of rotatable bonds is 6. The van der Waals surface area contributed by atoms with E-state index in [1.54, 1.807) is 0 Å². The molecule has 0 saturated carbocycles. The maximum absolute atomic E-state index is 5.73. The molecule has 1 atom stereocenters. The van der Waals surface area contributed by atoms with Crippen molar-refractivity contribution in [3.05, 3.63) is 0 Å². The van der Waals surface area contributed by atoms with Gasteiger partial charge in [-0.05, 0) is 46.1 Å². The van der Waals surface area contributed by atoms with Crippen molar-refractivity contribution in [2.75, 3.05) is 19.0 Å². The first-order valence-electron chi connectivity index (χ1n) is 5.57. The van der Waals surface area contributed by atoms with E-state index < -0.39 is 0 Å². The van der Waals surface area contributed by atoms with Crippen LogP contribution >= 0.6 is 11.6 Å². The van der Waals surface area contributed by atoms with Crippen molar-refractivity contribution >= 4 is 11.6 Å². The molecule has 0 bridgehead atoms. The summed E-state index contributed by atoms with van der Waals surface area (Å²) in [6, 6.07) is 0. The van der Waals surface area contributed by atoms with Gasteiger partial charge >= 0.3 is 0 Å². The molecule has 1 rings (SSSR count). The van der Waals surface area contributed by atoms with Gasteiger partial charge in [0, 0.05) is 18.0 Å². The molecule has 1 fully saturated rings. The van der Waals surface area contributed by atoms with Crippen LogP contribution in [0, 0.1) is 0 Å². The van der Waals surface area contributed by atoms with Gasteiger partial charge in [-0.3, -0.25) is 0 Å². The van der Waals surface area contributed by atoms with E-state index in [4.69, 9.17) is 16.3 Å². The van der Waals surface area contributed by atoms with E-state index in [1.165, 1.54) is 12.8 Å². The Hall–Kier alpha value is 0.210. The van der Waals surface area contributed by atoms with Crippen LogP contribution in [-0.2, 0) is 4.74 Å². The Morgan fingerprint density at radius 1 is 1.50 bits per heavy atom. The lowest BCUT2D eigenvalue weighted by Gasteiger charge is -2.26. The van der Waals surface area contributed by atoms with Gasteiger partial charge in [-0.25, -0.2) is 0 Å². The highest BCUT2D eigenvalue weighted by Crippen LogP contribution is 2.15.